The van der Waals surface area contributed by atoms with Gasteiger partial charge in [-0.3, -0.25) is 9.67 Å². The predicted molar refractivity (Wildman–Crippen MR) is 109 cm³/mol. The third kappa shape index (κ3) is 4.57. The van der Waals surface area contributed by atoms with Crippen LogP contribution >= 0.6 is 0 Å². The van der Waals surface area contributed by atoms with Gasteiger partial charge in [-0.15, -0.1) is 0 Å². The lowest BCUT2D eigenvalue weighted by molar-refractivity contribution is 0.206. The number of anilines is 1. The maximum Gasteiger partial charge on any atom is 0.322 e. The number of hydrogen-bond acceptors (Lipinski definition) is 3. The highest BCUT2D eigenvalue weighted by molar-refractivity contribution is 5.90. The summed E-state index contributed by atoms with van der Waals surface area (Å²) in [5.41, 5.74) is 4.10. The van der Waals surface area contributed by atoms with Crippen molar-refractivity contribution >= 4 is 11.7 Å². The van der Waals surface area contributed by atoms with E-state index in [0.717, 1.165) is 48.2 Å². The summed E-state index contributed by atoms with van der Waals surface area (Å²) in [7, 11) is 1.89. The van der Waals surface area contributed by atoms with Crippen molar-refractivity contribution in [3.63, 3.8) is 0 Å². The second kappa shape index (κ2) is 8.25. The molecule has 144 valence electrons. The van der Waals surface area contributed by atoms with Gasteiger partial charge in [0.2, 0.25) is 0 Å². The summed E-state index contributed by atoms with van der Waals surface area (Å²) in [5, 5.41) is 7.35. The standard InChI is InChI=1S/C22H25N5O/c1-26-15-17(14-24-26)16-27(20-11-12-20)22(28)25-21-8-3-2-6-18(21)9-10-19-7-4-5-13-23-19/h2-8,13-15,20H,9-12,16H2,1H3,(H,25,28). The van der Waals surface area contributed by atoms with Crippen LogP contribution in [0.4, 0.5) is 10.5 Å². The molecular formula is C22H25N5O. The van der Waals surface area contributed by atoms with Gasteiger partial charge in [-0.2, -0.15) is 5.10 Å². The summed E-state index contributed by atoms with van der Waals surface area (Å²) in [6.45, 7) is 0.584. The lowest BCUT2D eigenvalue weighted by atomic mass is 10.1. The number of nitrogens with zero attached hydrogens (tertiary/aromatic N) is 4. The molecule has 0 radical (unpaired) electrons. The minimum atomic E-state index is -0.0448. The lowest BCUT2D eigenvalue weighted by Crippen LogP contribution is -2.36. The molecule has 1 aliphatic carbocycles. The Morgan fingerprint density at radius 2 is 2.00 bits per heavy atom. The largest absolute Gasteiger partial charge is 0.322 e. The molecule has 6 heteroatoms. The van der Waals surface area contributed by atoms with Gasteiger partial charge in [-0.05, 0) is 49.4 Å². The quantitative estimate of drug-likeness (QED) is 0.683. The zero-order chi connectivity index (χ0) is 19.3. The van der Waals surface area contributed by atoms with Crippen molar-refractivity contribution in [2.24, 2.45) is 7.05 Å². The third-order valence-corrected chi connectivity index (χ3v) is 5.00. The number of para-hydroxylation sites is 1. The number of aryl methyl sites for hydroxylation is 3. The first kappa shape index (κ1) is 18.2. The molecule has 3 aromatic rings. The van der Waals surface area contributed by atoms with E-state index < -0.39 is 0 Å². The number of rotatable bonds is 7. The van der Waals surface area contributed by atoms with Crippen molar-refractivity contribution in [3.05, 3.63) is 77.9 Å². The Kier molecular flexibility index (Phi) is 5.37. The summed E-state index contributed by atoms with van der Waals surface area (Å²) < 4.78 is 1.77. The number of nitrogens with one attached hydrogen (secondary N) is 1. The first-order chi connectivity index (χ1) is 13.7. The van der Waals surface area contributed by atoms with E-state index in [1.165, 1.54) is 0 Å². The van der Waals surface area contributed by atoms with Gasteiger partial charge in [0.15, 0.2) is 0 Å². The van der Waals surface area contributed by atoms with Gasteiger partial charge in [0.05, 0.1) is 12.7 Å². The van der Waals surface area contributed by atoms with E-state index in [0.29, 0.717) is 12.6 Å². The van der Waals surface area contributed by atoms with E-state index >= 15 is 0 Å². The van der Waals surface area contributed by atoms with Crippen LogP contribution in [0.2, 0.25) is 0 Å². The van der Waals surface area contributed by atoms with Crippen LogP contribution in [-0.4, -0.2) is 31.7 Å². The monoisotopic (exact) mass is 375 g/mol. The van der Waals surface area contributed by atoms with Crippen LogP contribution in [0.25, 0.3) is 0 Å². The number of carbonyl (C=O) groups excluding carboxylic acids is 1. The van der Waals surface area contributed by atoms with Gasteiger partial charge in [-0.25, -0.2) is 4.79 Å². The van der Waals surface area contributed by atoms with Crippen molar-refractivity contribution in [2.75, 3.05) is 5.32 Å². The molecule has 0 atom stereocenters. The molecule has 1 aliphatic rings. The van der Waals surface area contributed by atoms with Gasteiger partial charge in [0.1, 0.15) is 0 Å². The van der Waals surface area contributed by atoms with Crippen LogP contribution in [0.15, 0.2) is 61.1 Å². The smallest absolute Gasteiger partial charge is 0.317 e. The fraction of sp³-hybridized carbons (Fsp3) is 0.318. The number of amides is 2. The maximum atomic E-state index is 13.0. The van der Waals surface area contributed by atoms with Gasteiger partial charge < -0.3 is 10.2 Å². The van der Waals surface area contributed by atoms with Crippen molar-refractivity contribution in [3.8, 4) is 0 Å². The molecule has 0 spiro atoms. The van der Waals surface area contributed by atoms with E-state index in [1.54, 1.807) is 4.68 Å². The third-order valence-electron chi connectivity index (χ3n) is 5.00. The highest BCUT2D eigenvalue weighted by atomic mass is 16.2. The van der Waals surface area contributed by atoms with Crippen molar-refractivity contribution in [2.45, 2.75) is 38.3 Å². The van der Waals surface area contributed by atoms with Crippen molar-refractivity contribution in [1.29, 1.82) is 0 Å². The minimum Gasteiger partial charge on any atom is -0.317 e. The van der Waals surface area contributed by atoms with E-state index in [2.05, 4.69) is 21.5 Å². The molecular weight excluding hydrogens is 350 g/mol. The number of pyridine rings is 1. The maximum absolute atomic E-state index is 13.0. The normalized spacial score (nSPS) is 13.3. The molecule has 4 rings (SSSR count). The van der Waals surface area contributed by atoms with Crippen LogP contribution in [0, 0.1) is 0 Å². The molecule has 1 saturated carbocycles. The van der Waals surface area contributed by atoms with Crippen LogP contribution in [0.3, 0.4) is 0 Å². The molecule has 0 bridgehead atoms. The lowest BCUT2D eigenvalue weighted by Gasteiger charge is -2.23. The zero-order valence-corrected chi connectivity index (χ0v) is 16.1. The van der Waals surface area contributed by atoms with E-state index in [4.69, 9.17) is 0 Å². The molecule has 2 aromatic heterocycles. The second-order valence-corrected chi connectivity index (χ2v) is 7.29. The van der Waals surface area contributed by atoms with E-state index in [-0.39, 0.29) is 6.03 Å². The first-order valence-corrected chi connectivity index (χ1v) is 9.72. The van der Waals surface area contributed by atoms with Gasteiger partial charge in [0, 0.05) is 42.4 Å². The first-order valence-electron chi connectivity index (χ1n) is 9.72. The molecule has 1 fully saturated rings. The fourth-order valence-corrected chi connectivity index (χ4v) is 3.36. The zero-order valence-electron chi connectivity index (χ0n) is 16.1. The number of urea groups is 1. The average Bonchev–Trinajstić information content (AvgIpc) is 3.47. The summed E-state index contributed by atoms with van der Waals surface area (Å²) in [4.78, 5) is 19.3. The highest BCUT2D eigenvalue weighted by Gasteiger charge is 2.33. The SMILES string of the molecule is Cn1cc(CN(C(=O)Nc2ccccc2CCc2ccccn2)C2CC2)cn1. The van der Waals surface area contributed by atoms with Gasteiger partial charge in [0.25, 0.3) is 0 Å². The highest BCUT2D eigenvalue weighted by Crippen LogP contribution is 2.29. The Labute approximate surface area is 165 Å². The Bertz CT molecular complexity index is 933. The Balaban J connectivity index is 1.44. The molecule has 28 heavy (non-hydrogen) atoms. The molecule has 0 unspecified atom stereocenters. The summed E-state index contributed by atoms with van der Waals surface area (Å²) in [6.07, 6.45) is 9.40. The minimum absolute atomic E-state index is 0.0448. The Hall–Kier alpha value is -3.15. The molecule has 2 amide bonds. The number of aromatic nitrogens is 3. The van der Waals surface area contributed by atoms with E-state index in [1.807, 2.05) is 66.9 Å². The number of benzene rings is 1. The second-order valence-electron chi connectivity index (χ2n) is 7.29. The van der Waals surface area contributed by atoms with Crippen molar-refractivity contribution in [1.82, 2.24) is 19.7 Å². The average molecular weight is 375 g/mol. The molecule has 0 aliphatic heterocycles. The summed E-state index contributed by atoms with van der Waals surface area (Å²) in [5.74, 6) is 0. The van der Waals surface area contributed by atoms with Crippen LogP contribution < -0.4 is 5.32 Å². The summed E-state index contributed by atoms with van der Waals surface area (Å²) in [6, 6.07) is 14.2. The topological polar surface area (TPSA) is 63.1 Å². The van der Waals surface area contributed by atoms with Crippen molar-refractivity contribution < 1.29 is 4.79 Å². The summed E-state index contributed by atoms with van der Waals surface area (Å²) >= 11 is 0. The Morgan fingerprint density at radius 1 is 1.18 bits per heavy atom. The van der Waals surface area contributed by atoms with Crippen LogP contribution in [-0.2, 0) is 26.4 Å². The van der Waals surface area contributed by atoms with Gasteiger partial charge >= 0.3 is 6.03 Å². The van der Waals surface area contributed by atoms with Crippen LogP contribution in [0.5, 0.6) is 0 Å². The molecule has 0 saturated heterocycles. The van der Waals surface area contributed by atoms with Crippen LogP contribution in [0.1, 0.15) is 29.7 Å². The molecule has 1 N–H and O–H groups in total. The number of hydrogen-bond donors (Lipinski definition) is 1. The fourth-order valence-electron chi connectivity index (χ4n) is 3.36. The number of carbonyl (C=O) groups is 1. The Morgan fingerprint density at radius 3 is 2.71 bits per heavy atom. The predicted octanol–water partition coefficient (Wildman–Crippen LogP) is 3.80. The molecule has 6 nitrogen and oxygen atoms in total. The van der Waals surface area contributed by atoms with Gasteiger partial charge in [-0.1, -0.05) is 24.3 Å². The molecule has 2 heterocycles. The van der Waals surface area contributed by atoms with E-state index in [9.17, 15) is 4.79 Å². The molecule has 1 aromatic carbocycles.